The van der Waals surface area contributed by atoms with Gasteiger partial charge < -0.3 is 5.73 Å². The maximum atomic E-state index is 6.15. The van der Waals surface area contributed by atoms with E-state index in [9.17, 15) is 0 Å². The van der Waals surface area contributed by atoms with Gasteiger partial charge >= 0.3 is 0 Å². The first-order valence-corrected chi connectivity index (χ1v) is 8.91. The smallest absolute Gasteiger partial charge is 0.0331 e. The maximum Gasteiger partial charge on any atom is 0.0331 e. The van der Waals surface area contributed by atoms with Gasteiger partial charge in [-0.25, -0.2) is 0 Å². The van der Waals surface area contributed by atoms with Crippen LogP contribution in [0, 0.1) is 5.92 Å². The Morgan fingerprint density at radius 2 is 2.00 bits per heavy atom. The average molecular weight is 273 g/mol. The first kappa shape index (κ1) is 16.3. The van der Waals surface area contributed by atoms with Crippen LogP contribution < -0.4 is 5.73 Å². The minimum absolute atomic E-state index is 0.281. The van der Waals surface area contributed by atoms with Crippen LogP contribution in [0.3, 0.4) is 0 Å². The molecule has 0 amide bonds. The third-order valence-electron chi connectivity index (χ3n) is 5.14. The summed E-state index contributed by atoms with van der Waals surface area (Å²) >= 11 is 1.95. The minimum atomic E-state index is 0.281. The molecule has 1 fully saturated rings. The second kappa shape index (κ2) is 7.76. The van der Waals surface area contributed by atoms with Gasteiger partial charge in [-0.15, -0.1) is 0 Å². The summed E-state index contributed by atoms with van der Waals surface area (Å²) < 4.78 is 0. The molecule has 0 radical (unpaired) electrons. The van der Waals surface area contributed by atoms with Crippen LogP contribution in [0.4, 0.5) is 0 Å². The van der Waals surface area contributed by atoms with E-state index in [-0.39, 0.29) is 5.54 Å². The van der Waals surface area contributed by atoms with Crippen molar-refractivity contribution in [1.29, 1.82) is 0 Å². The van der Waals surface area contributed by atoms with Gasteiger partial charge in [0.1, 0.15) is 0 Å². The minimum Gasteiger partial charge on any atom is -0.329 e. The molecule has 0 aliphatic heterocycles. The fourth-order valence-corrected chi connectivity index (χ4v) is 3.85. The Kier molecular flexibility index (Phi) is 7.04. The van der Waals surface area contributed by atoms with E-state index >= 15 is 0 Å². The molecule has 18 heavy (non-hydrogen) atoms. The third kappa shape index (κ3) is 3.88. The lowest BCUT2D eigenvalue weighted by atomic mass is 9.74. The van der Waals surface area contributed by atoms with Crippen LogP contribution >= 0.6 is 11.8 Å². The number of rotatable bonds is 7. The number of likely N-dealkylation sites (N-methyl/N-ethyl adjacent to an activating group) is 1. The van der Waals surface area contributed by atoms with Crippen LogP contribution in [0.5, 0.6) is 0 Å². The highest BCUT2D eigenvalue weighted by molar-refractivity contribution is 7.98. The van der Waals surface area contributed by atoms with Crippen LogP contribution in [0.2, 0.25) is 0 Å². The number of hydrogen-bond donors (Lipinski definition) is 1. The summed E-state index contributed by atoms with van der Waals surface area (Å²) in [6.07, 6.45) is 10.1. The second-order valence-corrected chi connectivity index (χ2v) is 7.01. The first-order valence-electron chi connectivity index (χ1n) is 7.51. The molecule has 1 saturated carbocycles. The molecule has 3 heteroatoms. The van der Waals surface area contributed by atoms with Crippen molar-refractivity contribution in [2.75, 3.05) is 25.6 Å². The summed E-state index contributed by atoms with van der Waals surface area (Å²) in [6, 6.07) is 0.652. The molecule has 1 aliphatic carbocycles. The van der Waals surface area contributed by atoms with Crippen molar-refractivity contribution >= 4 is 11.8 Å². The number of nitrogens with two attached hydrogens (primary N) is 1. The van der Waals surface area contributed by atoms with Gasteiger partial charge in [-0.1, -0.05) is 13.3 Å². The monoisotopic (exact) mass is 272 g/mol. The van der Waals surface area contributed by atoms with E-state index in [2.05, 4.69) is 32.1 Å². The molecule has 0 aromatic heterocycles. The van der Waals surface area contributed by atoms with E-state index in [0.717, 1.165) is 12.5 Å². The highest BCUT2D eigenvalue weighted by Crippen LogP contribution is 2.37. The van der Waals surface area contributed by atoms with E-state index in [1.807, 2.05) is 11.8 Å². The zero-order valence-corrected chi connectivity index (χ0v) is 13.6. The van der Waals surface area contributed by atoms with Crippen LogP contribution in [0.15, 0.2) is 0 Å². The Morgan fingerprint density at radius 3 is 2.44 bits per heavy atom. The lowest BCUT2D eigenvalue weighted by Crippen LogP contribution is -2.57. The van der Waals surface area contributed by atoms with Crippen molar-refractivity contribution in [3.05, 3.63) is 0 Å². The van der Waals surface area contributed by atoms with Gasteiger partial charge in [0.05, 0.1) is 0 Å². The van der Waals surface area contributed by atoms with Gasteiger partial charge in [-0.2, -0.15) is 11.8 Å². The Morgan fingerprint density at radius 1 is 1.39 bits per heavy atom. The van der Waals surface area contributed by atoms with Crippen LogP contribution in [-0.4, -0.2) is 42.1 Å². The average Bonchev–Trinajstić information content (AvgIpc) is 2.43. The normalized spacial score (nSPS) is 30.7. The Hall–Kier alpha value is 0.270. The largest absolute Gasteiger partial charge is 0.329 e. The van der Waals surface area contributed by atoms with Gasteiger partial charge in [-0.3, -0.25) is 4.90 Å². The molecule has 1 rings (SSSR count). The Labute approximate surface area is 118 Å². The first-order chi connectivity index (χ1) is 8.59. The molecule has 1 atom stereocenters. The van der Waals surface area contributed by atoms with Gasteiger partial charge in [0.15, 0.2) is 0 Å². The van der Waals surface area contributed by atoms with Gasteiger partial charge in [0.2, 0.25) is 0 Å². The molecular weight excluding hydrogens is 240 g/mol. The predicted octanol–water partition coefficient (Wildman–Crippen LogP) is 3.36. The van der Waals surface area contributed by atoms with Crippen LogP contribution in [-0.2, 0) is 0 Å². The summed E-state index contributed by atoms with van der Waals surface area (Å²) in [7, 11) is 2.30. The predicted molar refractivity (Wildman–Crippen MR) is 84.3 cm³/mol. The fourth-order valence-electron chi connectivity index (χ4n) is 3.27. The standard InChI is InChI=1S/C15H32N2S/c1-5-14-6-9-15(12-16,10-7-14)17(3)13(2)8-11-18-4/h13-14H,5-12,16H2,1-4H3. The Balaban J connectivity index is 2.58. The van der Waals surface area contributed by atoms with Crippen molar-refractivity contribution in [3.63, 3.8) is 0 Å². The van der Waals surface area contributed by atoms with Crippen molar-refractivity contribution in [2.24, 2.45) is 11.7 Å². The summed E-state index contributed by atoms with van der Waals surface area (Å²) in [6.45, 7) is 5.51. The second-order valence-electron chi connectivity index (χ2n) is 6.02. The summed E-state index contributed by atoms with van der Waals surface area (Å²) in [5.74, 6) is 2.20. The molecule has 108 valence electrons. The van der Waals surface area contributed by atoms with Gasteiger partial charge in [-0.05, 0) is 64.0 Å². The van der Waals surface area contributed by atoms with Crippen molar-refractivity contribution < 1.29 is 0 Å². The lowest BCUT2D eigenvalue weighted by Gasteiger charge is -2.48. The third-order valence-corrected chi connectivity index (χ3v) is 5.79. The molecule has 2 N–H and O–H groups in total. The molecule has 0 heterocycles. The highest BCUT2D eigenvalue weighted by Gasteiger charge is 2.38. The quantitative estimate of drug-likeness (QED) is 0.770. The van der Waals surface area contributed by atoms with E-state index in [4.69, 9.17) is 5.73 Å². The topological polar surface area (TPSA) is 29.3 Å². The fraction of sp³-hybridized carbons (Fsp3) is 1.00. The number of nitrogens with zero attached hydrogens (tertiary/aromatic N) is 1. The van der Waals surface area contributed by atoms with E-state index < -0.39 is 0 Å². The van der Waals surface area contributed by atoms with Crippen LogP contribution in [0.1, 0.15) is 52.4 Å². The molecule has 0 aromatic rings. The molecule has 1 aliphatic rings. The van der Waals surface area contributed by atoms with Gasteiger partial charge in [0, 0.05) is 18.1 Å². The highest BCUT2D eigenvalue weighted by atomic mass is 32.2. The van der Waals surface area contributed by atoms with Crippen molar-refractivity contribution in [1.82, 2.24) is 4.90 Å². The molecule has 1 unspecified atom stereocenters. The van der Waals surface area contributed by atoms with Gasteiger partial charge in [0.25, 0.3) is 0 Å². The summed E-state index contributed by atoms with van der Waals surface area (Å²) in [5, 5.41) is 0. The number of thioether (sulfide) groups is 1. The summed E-state index contributed by atoms with van der Waals surface area (Å²) in [4.78, 5) is 2.59. The SMILES string of the molecule is CCC1CCC(CN)(N(C)C(C)CCSC)CC1. The molecule has 0 saturated heterocycles. The Bertz CT molecular complexity index is 225. The molecule has 0 bridgehead atoms. The molecular formula is C15H32N2S. The van der Waals surface area contributed by atoms with Crippen molar-refractivity contribution in [2.45, 2.75) is 64.0 Å². The summed E-state index contributed by atoms with van der Waals surface area (Å²) in [5.41, 5.74) is 6.43. The molecule has 2 nitrogen and oxygen atoms in total. The van der Waals surface area contributed by atoms with E-state index in [1.165, 1.54) is 44.3 Å². The van der Waals surface area contributed by atoms with E-state index in [1.54, 1.807) is 0 Å². The zero-order valence-electron chi connectivity index (χ0n) is 12.7. The number of hydrogen-bond acceptors (Lipinski definition) is 3. The van der Waals surface area contributed by atoms with Crippen molar-refractivity contribution in [3.8, 4) is 0 Å². The molecule has 0 aromatic carbocycles. The lowest BCUT2D eigenvalue weighted by molar-refractivity contribution is 0.0342. The molecule has 0 spiro atoms. The zero-order chi connectivity index (χ0) is 13.6. The maximum absolute atomic E-state index is 6.15. The van der Waals surface area contributed by atoms with E-state index in [0.29, 0.717) is 6.04 Å². The van der Waals surface area contributed by atoms with Crippen LogP contribution in [0.25, 0.3) is 0 Å².